The number of amides is 1. The molecule has 0 heterocycles. The quantitative estimate of drug-likeness (QED) is 0.860. The van der Waals surface area contributed by atoms with Crippen molar-refractivity contribution in [1.82, 2.24) is 5.32 Å². The molecule has 0 fully saturated rings. The number of hydrogen-bond acceptors (Lipinski definition) is 1. The molecule has 1 aromatic rings. The van der Waals surface area contributed by atoms with Gasteiger partial charge in [-0.2, -0.15) is 0 Å². The summed E-state index contributed by atoms with van der Waals surface area (Å²) >= 11 is 5.93. The molecule has 0 atom stereocenters. The van der Waals surface area contributed by atoms with E-state index < -0.39 is 0 Å². The second-order valence-corrected chi connectivity index (χ2v) is 5.32. The third-order valence-corrected chi connectivity index (χ3v) is 2.62. The Balaban J connectivity index is 2.61. The molecule has 3 heteroatoms. The van der Waals surface area contributed by atoms with Gasteiger partial charge >= 0.3 is 0 Å². The van der Waals surface area contributed by atoms with Crippen LogP contribution in [0, 0.1) is 5.41 Å². The minimum Gasteiger partial charge on any atom is -0.356 e. The first-order valence-corrected chi connectivity index (χ1v) is 5.76. The van der Waals surface area contributed by atoms with Gasteiger partial charge in [0.25, 0.3) is 0 Å². The van der Waals surface area contributed by atoms with Crippen LogP contribution < -0.4 is 5.32 Å². The van der Waals surface area contributed by atoms with Crippen molar-refractivity contribution >= 4 is 17.5 Å². The highest BCUT2D eigenvalue weighted by atomic mass is 35.5. The zero-order chi connectivity index (χ0) is 12.2. The lowest BCUT2D eigenvalue weighted by molar-refractivity contribution is -0.119. The number of hydrogen-bond donors (Lipinski definition) is 1. The molecule has 88 valence electrons. The molecule has 2 nitrogen and oxygen atoms in total. The third-order valence-electron chi connectivity index (χ3n) is 2.39. The van der Waals surface area contributed by atoms with Gasteiger partial charge in [-0.25, -0.2) is 0 Å². The Bertz CT molecular complexity index is 374. The van der Waals surface area contributed by atoms with Crippen LogP contribution in [0.1, 0.15) is 26.3 Å². The molecule has 0 unspecified atom stereocenters. The summed E-state index contributed by atoms with van der Waals surface area (Å²) in [7, 11) is 0. The molecular formula is C13H18ClNO. The number of carbonyl (C=O) groups excluding carboxylic acids is 1. The topological polar surface area (TPSA) is 29.1 Å². The van der Waals surface area contributed by atoms with Crippen LogP contribution in [0.4, 0.5) is 0 Å². The Morgan fingerprint density at radius 2 is 2.12 bits per heavy atom. The van der Waals surface area contributed by atoms with Gasteiger partial charge in [0, 0.05) is 18.5 Å². The van der Waals surface area contributed by atoms with E-state index in [0.717, 1.165) is 11.4 Å². The largest absolute Gasteiger partial charge is 0.356 e. The van der Waals surface area contributed by atoms with E-state index in [0.29, 0.717) is 6.54 Å². The fraction of sp³-hybridized carbons (Fsp3) is 0.462. The summed E-state index contributed by atoms with van der Waals surface area (Å²) in [4.78, 5) is 10.9. The molecule has 0 radical (unpaired) electrons. The van der Waals surface area contributed by atoms with E-state index in [1.165, 1.54) is 12.5 Å². The van der Waals surface area contributed by atoms with Crippen molar-refractivity contribution in [3.8, 4) is 0 Å². The molecule has 0 bridgehead atoms. The van der Waals surface area contributed by atoms with Gasteiger partial charge in [-0.1, -0.05) is 37.6 Å². The van der Waals surface area contributed by atoms with Gasteiger partial charge in [0.15, 0.2) is 0 Å². The minimum atomic E-state index is 0.0131. The molecular weight excluding hydrogens is 222 g/mol. The summed E-state index contributed by atoms with van der Waals surface area (Å²) < 4.78 is 0. The Morgan fingerprint density at radius 3 is 2.69 bits per heavy atom. The first kappa shape index (κ1) is 13.0. The summed E-state index contributed by atoms with van der Waals surface area (Å²) in [6.07, 6.45) is 0.897. The zero-order valence-electron chi connectivity index (χ0n) is 10.0. The molecule has 0 spiro atoms. The molecule has 16 heavy (non-hydrogen) atoms. The van der Waals surface area contributed by atoms with Crippen molar-refractivity contribution < 1.29 is 4.79 Å². The zero-order valence-corrected chi connectivity index (χ0v) is 10.8. The monoisotopic (exact) mass is 239 g/mol. The molecule has 0 saturated heterocycles. The maximum Gasteiger partial charge on any atom is 0.216 e. The second-order valence-electron chi connectivity index (χ2n) is 4.88. The highest BCUT2D eigenvalue weighted by Gasteiger charge is 2.18. The van der Waals surface area contributed by atoms with Crippen molar-refractivity contribution in [2.75, 3.05) is 6.54 Å². The Hall–Kier alpha value is -1.02. The molecule has 1 aromatic carbocycles. The highest BCUT2D eigenvalue weighted by molar-refractivity contribution is 6.30. The van der Waals surface area contributed by atoms with Crippen LogP contribution >= 0.6 is 11.6 Å². The fourth-order valence-electron chi connectivity index (χ4n) is 1.63. The van der Waals surface area contributed by atoms with Gasteiger partial charge in [0.1, 0.15) is 0 Å². The van der Waals surface area contributed by atoms with Crippen molar-refractivity contribution in [2.45, 2.75) is 27.2 Å². The lowest BCUT2D eigenvalue weighted by Gasteiger charge is -2.24. The van der Waals surface area contributed by atoms with E-state index in [4.69, 9.17) is 11.6 Å². The van der Waals surface area contributed by atoms with Gasteiger partial charge in [0.05, 0.1) is 0 Å². The Labute approximate surface area is 102 Å². The summed E-state index contributed by atoms with van der Waals surface area (Å²) in [6.45, 7) is 6.47. The molecule has 0 aromatic heterocycles. The van der Waals surface area contributed by atoms with Crippen LogP contribution in [-0.2, 0) is 11.2 Å². The van der Waals surface area contributed by atoms with Gasteiger partial charge < -0.3 is 5.32 Å². The fourth-order valence-corrected chi connectivity index (χ4v) is 1.84. The lowest BCUT2D eigenvalue weighted by atomic mass is 9.85. The molecule has 0 aliphatic carbocycles. The number of nitrogens with one attached hydrogen (secondary N) is 1. The maximum atomic E-state index is 10.9. The van der Waals surface area contributed by atoms with E-state index >= 15 is 0 Å². The molecule has 0 aliphatic rings. The van der Waals surface area contributed by atoms with Crippen LogP contribution in [-0.4, -0.2) is 12.5 Å². The smallest absolute Gasteiger partial charge is 0.216 e. The molecule has 0 saturated carbocycles. The van der Waals surface area contributed by atoms with E-state index in [2.05, 4.69) is 25.2 Å². The van der Waals surface area contributed by atoms with Gasteiger partial charge in [0.2, 0.25) is 5.91 Å². The van der Waals surface area contributed by atoms with Crippen LogP contribution in [0.3, 0.4) is 0 Å². The van der Waals surface area contributed by atoms with Gasteiger partial charge in [-0.15, -0.1) is 0 Å². The predicted molar refractivity (Wildman–Crippen MR) is 67.6 cm³/mol. The van der Waals surface area contributed by atoms with E-state index in [9.17, 15) is 4.79 Å². The van der Waals surface area contributed by atoms with Crippen LogP contribution in [0.25, 0.3) is 0 Å². The first-order chi connectivity index (χ1) is 7.39. The number of carbonyl (C=O) groups is 1. The van der Waals surface area contributed by atoms with E-state index in [-0.39, 0.29) is 11.3 Å². The van der Waals surface area contributed by atoms with Crippen LogP contribution in [0.2, 0.25) is 5.02 Å². The van der Waals surface area contributed by atoms with Crippen molar-refractivity contribution in [2.24, 2.45) is 5.41 Å². The summed E-state index contributed by atoms with van der Waals surface area (Å²) in [5.41, 5.74) is 1.24. The molecule has 1 rings (SSSR count). The van der Waals surface area contributed by atoms with Crippen LogP contribution in [0.5, 0.6) is 0 Å². The first-order valence-electron chi connectivity index (χ1n) is 5.38. The average Bonchev–Trinajstić information content (AvgIpc) is 2.14. The molecule has 0 aliphatic heterocycles. The Kier molecular flexibility index (Phi) is 4.36. The van der Waals surface area contributed by atoms with Crippen molar-refractivity contribution in [3.05, 3.63) is 34.9 Å². The van der Waals surface area contributed by atoms with Crippen molar-refractivity contribution in [1.29, 1.82) is 0 Å². The number of benzene rings is 1. The maximum absolute atomic E-state index is 10.9. The van der Waals surface area contributed by atoms with E-state index in [1.807, 2.05) is 18.2 Å². The third kappa shape index (κ3) is 4.67. The molecule has 1 N–H and O–H groups in total. The minimum absolute atomic E-state index is 0.0131. The molecule has 1 amide bonds. The Morgan fingerprint density at radius 1 is 1.44 bits per heavy atom. The number of rotatable bonds is 4. The summed E-state index contributed by atoms with van der Waals surface area (Å²) in [5.74, 6) is 0.0131. The van der Waals surface area contributed by atoms with Gasteiger partial charge in [-0.3, -0.25) is 4.79 Å². The highest BCUT2D eigenvalue weighted by Crippen LogP contribution is 2.22. The van der Waals surface area contributed by atoms with Gasteiger partial charge in [-0.05, 0) is 29.5 Å². The normalized spacial score (nSPS) is 11.2. The predicted octanol–water partition coefficient (Wildman–Crippen LogP) is 3.04. The van der Waals surface area contributed by atoms with Crippen molar-refractivity contribution in [3.63, 3.8) is 0 Å². The van der Waals surface area contributed by atoms with E-state index in [1.54, 1.807) is 0 Å². The lowest BCUT2D eigenvalue weighted by Crippen LogP contribution is -2.33. The van der Waals surface area contributed by atoms with Crippen LogP contribution in [0.15, 0.2) is 24.3 Å². The standard InChI is InChI=1S/C13H18ClNO/c1-10(16)15-9-13(2,3)8-11-5-4-6-12(14)7-11/h4-7H,8-9H2,1-3H3,(H,15,16). The average molecular weight is 240 g/mol. The number of halogens is 1. The second kappa shape index (κ2) is 5.35. The summed E-state index contributed by atoms with van der Waals surface area (Å²) in [5, 5.41) is 3.61. The summed E-state index contributed by atoms with van der Waals surface area (Å²) in [6, 6.07) is 7.84. The SMILES string of the molecule is CC(=O)NCC(C)(C)Cc1cccc(Cl)c1.